The van der Waals surface area contributed by atoms with Crippen LogP contribution in [0.3, 0.4) is 0 Å². The lowest BCUT2D eigenvalue weighted by atomic mass is 10.0. The van der Waals surface area contributed by atoms with Crippen molar-refractivity contribution in [1.29, 1.82) is 0 Å². The van der Waals surface area contributed by atoms with Gasteiger partial charge in [-0.1, -0.05) is 0 Å². The van der Waals surface area contributed by atoms with Crippen LogP contribution in [-0.2, 0) is 33.0 Å². The normalized spacial score (nSPS) is 26.5. The third-order valence-corrected chi connectivity index (χ3v) is 6.38. The Kier molecular flexibility index (Phi) is 4.63. The standard InChI is InChI=1S/C14H23N5O4S/c1-10-15-13(17(2)16-10)6-18-4-5-19(14(20)7-23-3)12-9-24(21,22)8-11(12)18/h11-12H,4-9H2,1-3H3/t11-,12+/m0/s1. The van der Waals surface area contributed by atoms with Gasteiger partial charge in [0.2, 0.25) is 5.91 Å². The summed E-state index contributed by atoms with van der Waals surface area (Å²) in [5, 5.41) is 4.24. The highest BCUT2D eigenvalue weighted by Gasteiger charge is 2.48. The topological polar surface area (TPSA) is 97.6 Å². The molecule has 24 heavy (non-hydrogen) atoms. The van der Waals surface area contributed by atoms with Crippen LogP contribution in [0, 0.1) is 6.92 Å². The predicted molar refractivity (Wildman–Crippen MR) is 86.0 cm³/mol. The van der Waals surface area contributed by atoms with Gasteiger partial charge in [0.15, 0.2) is 9.84 Å². The van der Waals surface area contributed by atoms with E-state index in [0.29, 0.717) is 25.5 Å². The Hall–Kier alpha value is -1.52. The number of methoxy groups -OCH3 is 1. The fourth-order valence-electron chi connectivity index (χ4n) is 3.61. The molecule has 0 aromatic carbocycles. The van der Waals surface area contributed by atoms with Crippen molar-refractivity contribution in [2.75, 3.05) is 38.3 Å². The summed E-state index contributed by atoms with van der Waals surface area (Å²) in [4.78, 5) is 20.4. The lowest BCUT2D eigenvalue weighted by Crippen LogP contribution is -2.60. The summed E-state index contributed by atoms with van der Waals surface area (Å²) in [6, 6.07) is -0.526. The van der Waals surface area contributed by atoms with Gasteiger partial charge in [-0.2, -0.15) is 5.10 Å². The summed E-state index contributed by atoms with van der Waals surface area (Å²) in [5.41, 5.74) is 0. The SMILES string of the molecule is COCC(=O)N1CCN(Cc2nc(C)nn2C)[C@H]2CS(=O)(=O)C[C@H]21. The first-order valence-corrected chi connectivity index (χ1v) is 9.72. The number of fused-ring (bicyclic) bond motifs is 1. The highest BCUT2D eigenvalue weighted by Crippen LogP contribution is 2.28. The Labute approximate surface area is 141 Å². The number of carbonyl (C=O) groups is 1. The number of rotatable bonds is 4. The molecule has 3 heterocycles. The molecule has 0 saturated carbocycles. The average Bonchev–Trinajstić information content (AvgIpc) is 2.97. The Morgan fingerprint density at radius 2 is 2.00 bits per heavy atom. The van der Waals surface area contributed by atoms with Crippen molar-refractivity contribution < 1.29 is 17.9 Å². The molecule has 2 saturated heterocycles. The van der Waals surface area contributed by atoms with Crippen molar-refractivity contribution in [3.8, 4) is 0 Å². The average molecular weight is 357 g/mol. The van der Waals surface area contributed by atoms with E-state index in [0.717, 1.165) is 5.82 Å². The fraction of sp³-hybridized carbons (Fsp3) is 0.786. The molecule has 0 radical (unpaired) electrons. The van der Waals surface area contributed by atoms with Crippen LogP contribution in [0.5, 0.6) is 0 Å². The van der Waals surface area contributed by atoms with Gasteiger partial charge in [0.05, 0.1) is 24.1 Å². The molecule has 1 aromatic rings. The summed E-state index contributed by atoms with van der Waals surface area (Å²) in [6.45, 7) is 3.44. The molecular weight excluding hydrogens is 334 g/mol. The van der Waals surface area contributed by atoms with Crippen LogP contribution in [0.1, 0.15) is 11.6 Å². The van der Waals surface area contributed by atoms with Gasteiger partial charge >= 0.3 is 0 Å². The first-order valence-electron chi connectivity index (χ1n) is 7.90. The minimum atomic E-state index is -3.16. The van der Waals surface area contributed by atoms with Crippen LogP contribution in [0.2, 0.25) is 0 Å². The van der Waals surface area contributed by atoms with E-state index in [4.69, 9.17) is 4.74 Å². The molecule has 2 atom stereocenters. The van der Waals surface area contributed by atoms with Crippen molar-refractivity contribution in [3.05, 3.63) is 11.6 Å². The van der Waals surface area contributed by atoms with Crippen molar-refractivity contribution in [2.24, 2.45) is 7.05 Å². The maximum atomic E-state index is 12.2. The predicted octanol–water partition coefficient (Wildman–Crippen LogP) is -1.42. The summed E-state index contributed by atoms with van der Waals surface area (Å²) in [7, 11) is 0.136. The maximum Gasteiger partial charge on any atom is 0.248 e. The number of nitrogens with zero attached hydrogens (tertiary/aromatic N) is 5. The number of aromatic nitrogens is 3. The van der Waals surface area contributed by atoms with Gasteiger partial charge in [0, 0.05) is 33.3 Å². The van der Waals surface area contributed by atoms with Crippen LogP contribution in [0.15, 0.2) is 0 Å². The second-order valence-corrected chi connectivity index (χ2v) is 8.55. The van der Waals surface area contributed by atoms with Crippen LogP contribution < -0.4 is 0 Å². The van der Waals surface area contributed by atoms with E-state index in [2.05, 4.69) is 15.0 Å². The van der Waals surface area contributed by atoms with Crippen molar-refractivity contribution in [2.45, 2.75) is 25.6 Å². The monoisotopic (exact) mass is 357 g/mol. The zero-order valence-electron chi connectivity index (χ0n) is 14.2. The largest absolute Gasteiger partial charge is 0.375 e. The van der Waals surface area contributed by atoms with E-state index >= 15 is 0 Å². The number of hydrogen-bond donors (Lipinski definition) is 0. The molecule has 134 valence electrons. The molecule has 2 aliphatic rings. The van der Waals surface area contributed by atoms with Gasteiger partial charge in [-0.05, 0) is 6.92 Å². The molecule has 0 spiro atoms. The third kappa shape index (κ3) is 3.31. The molecule has 0 unspecified atom stereocenters. The third-order valence-electron chi connectivity index (χ3n) is 4.68. The molecule has 1 amide bonds. The summed E-state index contributed by atoms with van der Waals surface area (Å²) < 4.78 is 31.0. The van der Waals surface area contributed by atoms with E-state index in [-0.39, 0.29) is 36.1 Å². The van der Waals surface area contributed by atoms with E-state index in [1.54, 1.807) is 9.58 Å². The van der Waals surface area contributed by atoms with Crippen LogP contribution in [0.25, 0.3) is 0 Å². The van der Waals surface area contributed by atoms with Gasteiger partial charge in [-0.15, -0.1) is 0 Å². The lowest BCUT2D eigenvalue weighted by Gasteiger charge is -2.43. The number of ether oxygens (including phenoxy) is 1. The van der Waals surface area contributed by atoms with Crippen LogP contribution in [-0.4, -0.2) is 89.3 Å². The minimum absolute atomic E-state index is 0.0153. The number of piperazine rings is 1. The summed E-state index contributed by atoms with van der Waals surface area (Å²) >= 11 is 0. The number of aryl methyl sites for hydroxylation is 2. The van der Waals surface area contributed by atoms with Crippen molar-refractivity contribution >= 4 is 15.7 Å². The van der Waals surface area contributed by atoms with Crippen LogP contribution >= 0.6 is 0 Å². The molecule has 0 bridgehead atoms. The number of carbonyl (C=O) groups excluding carboxylic acids is 1. The number of amides is 1. The number of sulfone groups is 1. The van der Waals surface area contributed by atoms with Gasteiger partial charge < -0.3 is 9.64 Å². The molecular formula is C14H23N5O4S. The molecule has 2 aliphatic heterocycles. The van der Waals surface area contributed by atoms with Crippen molar-refractivity contribution in [1.82, 2.24) is 24.6 Å². The molecule has 0 aliphatic carbocycles. The molecule has 10 heteroatoms. The molecule has 2 fully saturated rings. The second-order valence-electron chi connectivity index (χ2n) is 6.40. The van der Waals surface area contributed by atoms with Gasteiger partial charge in [0.25, 0.3) is 0 Å². The Bertz CT molecular complexity index is 732. The lowest BCUT2D eigenvalue weighted by molar-refractivity contribution is -0.141. The quantitative estimate of drug-likeness (QED) is 0.652. The van der Waals surface area contributed by atoms with Gasteiger partial charge in [0.1, 0.15) is 18.3 Å². The highest BCUT2D eigenvalue weighted by molar-refractivity contribution is 7.91. The molecule has 3 rings (SSSR count). The van der Waals surface area contributed by atoms with E-state index in [9.17, 15) is 13.2 Å². The molecule has 0 N–H and O–H groups in total. The highest BCUT2D eigenvalue weighted by atomic mass is 32.2. The fourth-order valence-corrected chi connectivity index (χ4v) is 5.62. The van der Waals surface area contributed by atoms with Crippen LogP contribution in [0.4, 0.5) is 0 Å². The van der Waals surface area contributed by atoms with E-state index < -0.39 is 9.84 Å². The van der Waals surface area contributed by atoms with Gasteiger partial charge in [-0.25, -0.2) is 13.4 Å². The zero-order valence-corrected chi connectivity index (χ0v) is 15.0. The first-order chi connectivity index (χ1) is 11.3. The van der Waals surface area contributed by atoms with Crippen molar-refractivity contribution in [3.63, 3.8) is 0 Å². The van der Waals surface area contributed by atoms with Gasteiger partial charge in [-0.3, -0.25) is 14.4 Å². The second kappa shape index (κ2) is 6.41. The van der Waals surface area contributed by atoms with E-state index in [1.165, 1.54) is 7.11 Å². The zero-order chi connectivity index (χ0) is 17.5. The molecule has 9 nitrogen and oxygen atoms in total. The minimum Gasteiger partial charge on any atom is -0.375 e. The first kappa shape index (κ1) is 17.3. The summed E-state index contributed by atoms with van der Waals surface area (Å²) in [5.74, 6) is 1.43. The Morgan fingerprint density at radius 1 is 1.29 bits per heavy atom. The Balaban J connectivity index is 1.81. The maximum absolute atomic E-state index is 12.2. The smallest absolute Gasteiger partial charge is 0.248 e. The summed E-state index contributed by atoms with van der Waals surface area (Å²) in [6.07, 6.45) is 0. The van der Waals surface area contributed by atoms with E-state index in [1.807, 2.05) is 14.0 Å². The Morgan fingerprint density at radius 3 is 2.62 bits per heavy atom. The number of hydrogen-bond acceptors (Lipinski definition) is 7. The molecule has 1 aromatic heterocycles.